The minimum absolute atomic E-state index is 0.0766. The molecule has 0 bridgehead atoms. The molecule has 29 heavy (non-hydrogen) atoms. The van der Waals surface area contributed by atoms with Gasteiger partial charge in [0, 0.05) is 18.5 Å². The molecule has 150 valence electrons. The quantitative estimate of drug-likeness (QED) is 0.676. The summed E-state index contributed by atoms with van der Waals surface area (Å²) < 4.78 is 27.8. The highest BCUT2D eigenvalue weighted by molar-refractivity contribution is 7.89. The van der Waals surface area contributed by atoms with E-state index in [1.165, 1.54) is 7.05 Å². The topological polar surface area (TPSA) is 84.3 Å². The molecular weight excluding hydrogens is 388 g/mol. The second-order valence-corrected chi connectivity index (χ2v) is 8.85. The summed E-state index contributed by atoms with van der Waals surface area (Å²) in [6, 6.07) is 16.5. The van der Waals surface area contributed by atoms with Crippen molar-refractivity contribution < 1.29 is 13.2 Å². The van der Waals surface area contributed by atoms with Crippen molar-refractivity contribution in [3.8, 4) is 5.69 Å². The Kier molecular flexibility index (Phi) is 5.21. The van der Waals surface area contributed by atoms with Crippen LogP contribution in [0.4, 0.5) is 0 Å². The van der Waals surface area contributed by atoms with Gasteiger partial charge in [0.15, 0.2) is 0 Å². The highest BCUT2D eigenvalue weighted by Crippen LogP contribution is 2.25. The molecule has 8 heteroatoms. The fraction of sp³-hybridized carbons (Fsp3) is 0.238. The molecule has 0 unspecified atom stereocenters. The first-order chi connectivity index (χ1) is 14.0. The minimum Gasteiger partial charge on any atom is -0.332 e. The lowest BCUT2D eigenvalue weighted by molar-refractivity contribution is -0.131. The van der Waals surface area contributed by atoms with Gasteiger partial charge in [-0.15, -0.1) is 0 Å². The molecule has 0 saturated heterocycles. The van der Waals surface area contributed by atoms with Gasteiger partial charge in [0.05, 0.1) is 29.0 Å². The van der Waals surface area contributed by atoms with Crippen molar-refractivity contribution in [3.05, 3.63) is 77.6 Å². The standard InChI is InChI=1S/C21H22N4O3S/c1-22-29(27,28)19-10-7-16(8-11-19)9-12-21(26)24-14-17-13-23-25(20(17)15-24)18-5-3-2-4-6-18/h2-8,10-11,13,22H,9,12,14-15H2,1H3. The Hall–Kier alpha value is -2.97. The van der Waals surface area contributed by atoms with Crippen molar-refractivity contribution >= 4 is 15.9 Å². The zero-order valence-electron chi connectivity index (χ0n) is 16.1. The second-order valence-electron chi connectivity index (χ2n) is 6.97. The van der Waals surface area contributed by atoms with Gasteiger partial charge in [-0.3, -0.25) is 4.79 Å². The van der Waals surface area contributed by atoms with E-state index in [0.717, 1.165) is 22.5 Å². The Morgan fingerprint density at radius 3 is 2.48 bits per heavy atom. The van der Waals surface area contributed by atoms with Crippen molar-refractivity contribution in [1.29, 1.82) is 0 Å². The molecular formula is C21H22N4O3S. The van der Waals surface area contributed by atoms with E-state index < -0.39 is 10.0 Å². The monoisotopic (exact) mass is 410 g/mol. The van der Waals surface area contributed by atoms with Crippen LogP contribution < -0.4 is 4.72 Å². The normalized spacial score (nSPS) is 13.5. The van der Waals surface area contributed by atoms with E-state index in [-0.39, 0.29) is 10.8 Å². The summed E-state index contributed by atoms with van der Waals surface area (Å²) in [6.45, 7) is 1.11. The summed E-state index contributed by atoms with van der Waals surface area (Å²) in [4.78, 5) is 14.8. The van der Waals surface area contributed by atoms with Crippen LogP contribution in [0, 0.1) is 0 Å². The maximum absolute atomic E-state index is 12.7. The molecule has 7 nitrogen and oxygen atoms in total. The van der Waals surface area contributed by atoms with Crippen LogP contribution in [0.15, 0.2) is 65.7 Å². The molecule has 0 spiro atoms. The van der Waals surface area contributed by atoms with Crippen molar-refractivity contribution in [3.63, 3.8) is 0 Å². The van der Waals surface area contributed by atoms with Crippen LogP contribution in [0.5, 0.6) is 0 Å². The van der Waals surface area contributed by atoms with Crippen LogP contribution in [0.2, 0.25) is 0 Å². The second kappa shape index (κ2) is 7.81. The van der Waals surface area contributed by atoms with Gasteiger partial charge in [0.1, 0.15) is 0 Å². The number of aryl methyl sites for hydroxylation is 1. The summed E-state index contributed by atoms with van der Waals surface area (Å²) in [5.74, 6) is 0.0766. The average molecular weight is 410 g/mol. The number of carbonyl (C=O) groups is 1. The van der Waals surface area contributed by atoms with E-state index in [9.17, 15) is 13.2 Å². The fourth-order valence-electron chi connectivity index (χ4n) is 3.48. The first-order valence-corrected chi connectivity index (χ1v) is 10.9. The maximum Gasteiger partial charge on any atom is 0.240 e. The molecule has 0 aliphatic carbocycles. The van der Waals surface area contributed by atoms with Crippen LogP contribution in [-0.2, 0) is 34.3 Å². The van der Waals surface area contributed by atoms with Gasteiger partial charge in [0.2, 0.25) is 15.9 Å². The van der Waals surface area contributed by atoms with Gasteiger partial charge in [-0.25, -0.2) is 17.8 Å². The molecule has 1 aliphatic rings. The third kappa shape index (κ3) is 3.94. The third-order valence-electron chi connectivity index (χ3n) is 5.14. The molecule has 0 saturated carbocycles. The number of benzene rings is 2. The molecule has 2 aromatic carbocycles. The number of amides is 1. The Balaban J connectivity index is 1.38. The number of hydrogen-bond donors (Lipinski definition) is 1. The van der Waals surface area contributed by atoms with Crippen molar-refractivity contribution in [2.45, 2.75) is 30.8 Å². The summed E-state index contributed by atoms with van der Waals surface area (Å²) in [7, 11) is -2.06. The predicted molar refractivity (Wildman–Crippen MR) is 109 cm³/mol. The highest BCUT2D eigenvalue weighted by Gasteiger charge is 2.27. The first kappa shape index (κ1) is 19.4. The number of carbonyl (C=O) groups excluding carboxylic acids is 1. The lowest BCUT2D eigenvalue weighted by atomic mass is 10.1. The summed E-state index contributed by atoms with van der Waals surface area (Å²) in [5.41, 5.74) is 4.04. The van der Waals surface area contributed by atoms with Gasteiger partial charge in [0.25, 0.3) is 0 Å². The SMILES string of the molecule is CNS(=O)(=O)c1ccc(CCC(=O)N2Cc3cnn(-c4ccccc4)c3C2)cc1. The van der Waals surface area contributed by atoms with Crippen molar-refractivity contribution in [1.82, 2.24) is 19.4 Å². The number of para-hydroxylation sites is 1. The summed E-state index contributed by atoms with van der Waals surface area (Å²) >= 11 is 0. The summed E-state index contributed by atoms with van der Waals surface area (Å²) in [6.07, 6.45) is 2.77. The van der Waals surface area contributed by atoms with Crippen molar-refractivity contribution in [2.24, 2.45) is 0 Å². The first-order valence-electron chi connectivity index (χ1n) is 9.39. The predicted octanol–water partition coefficient (Wildman–Crippen LogP) is 2.26. The molecule has 1 amide bonds. The Morgan fingerprint density at radius 1 is 1.07 bits per heavy atom. The van der Waals surface area contributed by atoms with E-state index in [2.05, 4.69) is 9.82 Å². The van der Waals surface area contributed by atoms with Crippen molar-refractivity contribution in [2.75, 3.05) is 7.05 Å². The number of nitrogens with one attached hydrogen (secondary N) is 1. The molecule has 1 N–H and O–H groups in total. The zero-order valence-corrected chi connectivity index (χ0v) is 16.9. The highest BCUT2D eigenvalue weighted by atomic mass is 32.2. The Labute approximate surface area is 170 Å². The molecule has 3 aromatic rings. The third-order valence-corrected chi connectivity index (χ3v) is 6.57. The largest absolute Gasteiger partial charge is 0.332 e. The minimum atomic E-state index is -3.44. The lowest BCUT2D eigenvalue weighted by Crippen LogP contribution is -2.26. The Bertz CT molecular complexity index is 1120. The van der Waals surface area contributed by atoms with Crippen LogP contribution in [-0.4, -0.2) is 36.1 Å². The van der Waals surface area contributed by atoms with Gasteiger partial charge < -0.3 is 4.90 Å². The molecule has 2 heterocycles. The number of sulfonamides is 1. The van der Waals surface area contributed by atoms with Gasteiger partial charge >= 0.3 is 0 Å². The van der Waals surface area contributed by atoms with E-state index in [0.29, 0.717) is 25.9 Å². The number of rotatable bonds is 6. The zero-order chi connectivity index (χ0) is 20.4. The smallest absolute Gasteiger partial charge is 0.240 e. The molecule has 4 rings (SSSR count). The lowest BCUT2D eigenvalue weighted by Gasteiger charge is -2.16. The van der Waals surface area contributed by atoms with Crippen LogP contribution in [0.3, 0.4) is 0 Å². The molecule has 0 radical (unpaired) electrons. The molecule has 0 fully saturated rings. The van der Waals surface area contributed by atoms with E-state index in [4.69, 9.17) is 0 Å². The van der Waals surface area contributed by atoms with Crippen LogP contribution in [0.1, 0.15) is 23.2 Å². The number of aromatic nitrogens is 2. The van der Waals surface area contributed by atoms with Gasteiger partial charge in [-0.1, -0.05) is 30.3 Å². The maximum atomic E-state index is 12.7. The van der Waals surface area contributed by atoms with Crippen LogP contribution >= 0.6 is 0 Å². The molecule has 1 aliphatic heterocycles. The fourth-order valence-corrected chi connectivity index (χ4v) is 4.21. The van der Waals surface area contributed by atoms with E-state index in [1.54, 1.807) is 24.3 Å². The van der Waals surface area contributed by atoms with E-state index >= 15 is 0 Å². The number of fused-ring (bicyclic) bond motifs is 1. The number of nitrogens with zero attached hydrogens (tertiary/aromatic N) is 3. The number of hydrogen-bond acceptors (Lipinski definition) is 4. The van der Waals surface area contributed by atoms with Gasteiger partial charge in [-0.2, -0.15) is 5.10 Å². The molecule has 1 aromatic heterocycles. The van der Waals surface area contributed by atoms with Crippen LogP contribution in [0.25, 0.3) is 5.69 Å². The summed E-state index contributed by atoms with van der Waals surface area (Å²) in [5, 5.41) is 4.45. The van der Waals surface area contributed by atoms with Gasteiger partial charge in [-0.05, 0) is 43.3 Å². The molecule has 0 atom stereocenters. The average Bonchev–Trinajstić information content (AvgIpc) is 3.34. The van der Waals surface area contributed by atoms with E-state index in [1.807, 2.05) is 46.1 Å². The Morgan fingerprint density at radius 2 is 1.79 bits per heavy atom.